The topological polar surface area (TPSA) is 50.2 Å². The highest BCUT2D eigenvalue weighted by molar-refractivity contribution is 6.00. The molecular formula is C19H16N4. The van der Waals surface area contributed by atoms with E-state index in [0.29, 0.717) is 6.54 Å². The zero-order valence-corrected chi connectivity index (χ0v) is 12.6. The zero-order chi connectivity index (χ0) is 15.5. The minimum atomic E-state index is 0.134. The Morgan fingerprint density at radius 2 is 1.39 bits per heavy atom. The van der Waals surface area contributed by atoms with Gasteiger partial charge >= 0.3 is 0 Å². The van der Waals surface area contributed by atoms with Crippen LogP contribution < -0.4 is 5.32 Å². The lowest BCUT2D eigenvalue weighted by Gasteiger charge is -2.12. The molecule has 0 saturated carbocycles. The Kier molecular flexibility index (Phi) is 3.56. The molecule has 23 heavy (non-hydrogen) atoms. The van der Waals surface area contributed by atoms with Gasteiger partial charge in [0, 0.05) is 29.1 Å². The van der Waals surface area contributed by atoms with Crippen LogP contribution in [-0.4, -0.2) is 22.3 Å². The summed E-state index contributed by atoms with van der Waals surface area (Å²) in [6.45, 7) is 0.707. The lowest BCUT2D eigenvalue weighted by atomic mass is 10.1. The molecule has 0 amide bonds. The molecule has 0 aliphatic carbocycles. The van der Waals surface area contributed by atoms with Crippen LogP contribution in [-0.2, 0) is 0 Å². The first kappa shape index (κ1) is 13.6. The van der Waals surface area contributed by atoms with E-state index in [2.05, 4.69) is 32.4 Å². The van der Waals surface area contributed by atoms with Gasteiger partial charge in [-0.05, 0) is 0 Å². The van der Waals surface area contributed by atoms with Gasteiger partial charge in [0.05, 0.1) is 12.6 Å². The molecule has 2 heterocycles. The van der Waals surface area contributed by atoms with E-state index in [0.717, 1.165) is 28.4 Å². The fraction of sp³-hybridized carbons (Fsp3) is 0.105. The van der Waals surface area contributed by atoms with E-state index in [9.17, 15) is 0 Å². The minimum Gasteiger partial charge on any atom is -0.361 e. The van der Waals surface area contributed by atoms with Crippen LogP contribution in [0, 0.1) is 0 Å². The molecular weight excluding hydrogens is 284 g/mol. The molecule has 112 valence electrons. The zero-order valence-electron chi connectivity index (χ0n) is 12.6. The number of hydrogen-bond acceptors (Lipinski definition) is 4. The molecule has 1 N–H and O–H groups in total. The first-order valence-corrected chi connectivity index (χ1v) is 7.64. The Hall–Kier alpha value is -3.01. The summed E-state index contributed by atoms with van der Waals surface area (Å²) in [6, 6.07) is 20.3. The van der Waals surface area contributed by atoms with Gasteiger partial charge in [-0.2, -0.15) is 0 Å². The number of amidine groups is 1. The smallest absolute Gasteiger partial charge is 0.159 e. The molecule has 1 aliphatic rings. The highest BCUT2D eigenvalue weighted by Crippen LogP contribution is 2.20. The Labute approximate surface area is 135 Å². The molecule has 0 fully saturated rings. The van der Waals surface area contributed by atoms with Crippen molar-refractivity contribution < 1.29 is 0 Å². The lowest BCUT2D eigenvalue weighted by molar-refractivity contribution is 0.701. The van der Waals surface area contributed by atoms with Crippen molar-refractivity contribution in [3.63, 3.8) is 0 Å². The SMILES string of the molecule is c1ccc(C2=NCC(c3cnc(-c4ccccc4)nc3)N2)cc1. The third kappa shape index (κ3) is 2.83. The second-order valence-electron chi connectivity index (χ2n) is 5.46. The van der Waals surface area contributed by atoms with E-state index in [1.54, 1.807) is 0 Å². The monoisotopic (exact) mass is 300 g/mol. The molecule has 2 aromatic carbocycles. The molecule has 1 unspecified atom stereocenters. The molecule has 3 aromatic rings. The average Bonchev–Trinajstić information content (AvgIpc) is 3.14. The summed E-state index contributed by atoms with van der Waals surface area (Å²) < 4.78 is 0. The van der Waals surface area contributed by atoms with Crippen LogP contribution in [0.5, 0.6) is 0 Å². The minimum absolute atomic E-state index is 0.134. The van der Waals surface area contributed by atoms with Crippen molar-refractivity contribution in [2.75, 3.05) is 6.54 Å². The number of benzene rings is 2. The van der Waals surface area contributed by atoms with E-state index < -0.39 is 0 Å². The summed E-state index contributed by atoms with van der Waals surface area (Å²) in [4.78, 5) is 13.6. The summed E-state index contributed by atoms with van der Waals surface area (Å²) >= 11 is 0. The highest BCUT2D eigenvalue weighted by atomic mass is 15.1. The Bertz CT molecular complexity index is 811. The summed E-state index contributed by atoms with van der Waals surface area (Å²) in [7, 11) is 0. The Morgan fingerprint density at radius 1 is 0.783 bits per heavy atom. The van der Waals surface area contributed by atoms with Gasteiger partial charge in [0.25, 0.3) is 0 Å². The van der Waals surface area contributed by atoms with Crippen LogP contribution in [0.25, 0.3) is 11.4 Å². The number of nitrogens with one attached hydrogen (secondary N) is 1. The summed E-state index contributed by atoms with van der Waals surface area (Å²) in [6.07, 6.45) is 3.77. The number of aromatic nitrogens is 2. The van der Waals surface area contributed by atoms with E-state index in [-0.39, 0.29) is 6.04 Å². The third-order valence-corrected chi connectivity index (χ3v) is 3.90. The third-order valence-electron chi connectivity index (χ3n) is 3.90. The van der Waals surface area contributed by atoms with Crippen LogP contribution in [0.2, 0.25) is 0 Å². The van der Waals surface area contributed by atoms with Gasteiger partial charge < -0.3 is 5.32 Å². The van der Waals surface area contributed by atoms with E-state index in [1.807, 2.05) is 60.9 Å². The fourth-order valence-electron chi connectivity index (χ4n) is 2.65. The maximum absolute atomic E-state index is 4.59. The van der Waals surface area contributed by atoms with Crippen LogP contribution in [0.1, 0.15) is 17.2 Å². The van der Waals surface area contributed by atoms with E-state index in [1.165, 1.54) is 0 Å². The number of hydrogen-bond donors (Lipinski definition) is 1. The van der Waals surface area contributed by atoms with Crippen LogP contribution in [0.4, 0.5) is 0 Å². The van der Waals surface area contributed by atoms with Crippen LogP contribution >= 0.6 is 0 Å². The number of rotatable bonds is 3. The molecule has 0 bridgehead atoms. The van der Waals surface area contributed by atoms with Gasteiger partial charge in [0.1, 0.15) is 5.84 Å². The number of aliphatic imine (C=N–C) groups is 1. The maximum atomic E-state index is 4.59. The Balaban J connectivity index is 1.50. The van der Waals surface area contributed by atoms with Crippen LogP contribution in [0.15, 0.2) is 78.0 Å². The second kappa shape index (κ2) is 6.01. The molecule has 1 atom stereocenters. The molecule has 0 spiro atoms. The summed E-state index contributed by atoms with van der Waals surface area (Å²) in [5.41, 5.74) is 3.19. The van der Waals surface area contributed by atoms with Crippen molar-refractivity contribution >= 4 is 5.84 Å². The molecule has 4 heteroatoms. The van der Waals surface area contributed by atoms with Gasteiger partial charge in [0.2, 0.25) is 0 Å². The van der Waals surface area contributed by atoms with Gasteiger partial charge in [-0.25, -0.2) is 9.97 Å². The molecule has 0 saturated heterocycles. The van der Waals surface area contributed by atoms with Gasteiger partial charge in [-0.3, -0.25) is 4.99 Å². The van der Waals surface area contributed by atoms with Crippen LogP contribution in [0.3, 0.4) is 0 Å². The van der Waals surface area contributed by atoms with Crippen molar-refractivity contribution in [3.8, 4) is 11.4 Å². The average molecular weight is 300 g/mol. The molecule has 4 nitrogen and oxygen atoms in total. The van der Waals surface area contributed by atoms with Crippen molar-refractivity contribution in [3.05, 3.63) is 84.2 Å². The molecule has 4 rings (SSSR count). The maximum Gasteiger partial charge on any atom is 0.159 e. The highest BCUT2D eigenvalue weighted by Gasteiger charge is 2.20. The second-order valence-corrected chi connectivity index (χ2v) is 5.46. The summed E-state index contributed by atoms with van der Waals surface area (Å²) in [5.74, 6) is 1.68. The Morgan fingerprint density at radius 3 is 2.04 bits per heavy atom. The predicted octanol–water partition coefficient (Wildman–Crippen LogP) is 3.23. The first-order chi connectivity index (χ1) is 11.4. The molecule has 1 aromatic heterocycles. The van der Waals surface area contributed by atoms with Gasteiger partial charge in [0.15, 0.2) is 5.82 Å². The van der Waals surface area contributed by atoms with Crippen molar-refractivity contribution in [2.45, 2.75) is 6.04 Å². The normalized spacial score (nSPS) is 16.7. The van der Waals surface area contributed by atoms with Gasteiger partial charge in [-0.15, -0.1) is 0 Å². The van der Waals surface area contributed by atoms with Crippen molar-refractivity contribution in [1.29, 1.82) is 0 Å². The fourth-order valence-corrected chi connectivity index (χ4v) is 2.65. The standard InChI is InChI=1S/C19H16N4/c1-3-7-14(8-4-1)18-20-11-16(12-21-18)17-13-22-19(23-17)15-9-5-2-6-10-15/h1-12,17H,13H2,(H,22,23). The number of nitrogens with zero attached hydrogens (tertiary/aromatic N) is 3. The summed E-state index contributed by atoms with van der Waals surface area (Å²) in [5, 5.41) is 3.45. The van der Waals surface area contributed by atoms with E-state index in [4.69, 9.17) is 0 Å². The quantitative estimate of drug-likeness (QED) is 0.808. The first-order valence-electron chi connectivity index (χ1n) is 7.64. The lowest BCUT2D eigenvalue weighted by Crippen LogP contribution is -2.24. The molecule has 1 aliphatic heterocycles. The largest absolute Gasteiger partial charge is 0.361 e. The van der Waals surface area contributed by atoms with Crippen molar-refractivity contribution in [2.24, 2.45) is 4.99 Å². The molecule has 0 radical (unpaired) electrons. The van der Waals surface area contributed by atoms with Gasteiger partial charge in [-0.1, -0.05) is 60.7 Å². The van der Waals surface area contributed by atoms with Crippen molar-refractivity contribution in [1.82, 2.24) is 15.3 Å². The van der Waals surface area contributed by atoms with E-state index >= 15 is 0 Å². The predicted molar refractivity (Wildman–Crippen MR) is 91.2 cm³/mol.